The fourth-order valence-corrected chi connectivity index (χ4v) is 4.33. The molecule has 0 aliphatic heterocycles. The smallest absolute Gasteiger partial charge is 0.271 e. The molecule has 1 heterocycles. The summed E-state index contributed by atoms with van der Waals surface area (Å²) >= 11 is 0.974. The van der Waals surface area contributed by atoms with Crippen LogP contribution in [0.1, 0.15) is 29.9 Å². The Morgan fingerprint density at radius 2 is 1.76 bits per heavy atom. The largest absolute Gasteiger partial charge is 0.278 e. The summed E-state index contributed by atoms with van der Waals surface area (Å²) in [7, 11) is -3.65. The molecule has 0 bridgehead atoms. The lowest BCUT2D eigenvalue weighted by atomic mass is 10.0. The highest BCUT2D eigenvalue weighted by molar-refractivity contribution is 7.94. The summed E-state index contributed by atoms with van der Waals surface area (Å²) in [6.07, 6.45) is 1.50. The highest BCUT2D eigenvalue weighted by Gasteiger charge is 2.19. The molecule has 0 radical (unpaired) electrons. The quantitative estimate of drug-likeness (QED) is 0.916. The van der Waals surface area contributed by atoms with Crippen LogP contribution in [0.4, 0.5) is 5.69 Å². The summed E-state index contributed by atoms with van der Waals surface area (Å²) in [5.74, 6) is 0. The van der Waals surface area contributed by atoms with Crippen LogP contribution in [-0.2, 0) is 22.9 Å². The van der Waals surface area contributed by atoms with Crippen LogP contribution in [0.2, 0.25) is 0 Å². The lowest BCUT2D eigenvalue weighted by Gasteiger charge is -2.14. The van der Waals surface area contributed by atoms with Crippen molar-refractivity contribution in [3.63, 3.8) is 0 Å². The Hall–Kier alpha value is -1.84. The minimum absolute atomic E-state index is 0.159. The minimum Gasteiger partial charge on any atom is -0.278 e. The van der Waals surface area contributed by atoms with Gasteiger partial charge in [0.15, 0.2) is 0 Å². The predicted molar refractivity (Wildman–Crippen MR) is 85.0 cm³/mol. The molecule has 2 aromatic rings. The van der Waals surface area contributed by atoms with Gasteiger partial charge in [0.05, 0.1) is 5.69 Å². The van der Waals surface area contributed by atoms with Gasteiger partial charge in [-0.15, -0.1) is 11.3 Å². The van der Waals surface area contributed by atoms with Gasteiger partial charge in [-0.1, -0.05) is 32.0 Å². The summed E-state index contributed by atoms with van der Waals surface area (Å²) in [4.78, 5) is 0.384. The number of sulfonamides is 1. The van der Waals surface area contributed by atoms with Gasteiger partial charge in [0.1, 0.15) is 15.2 Å². The van der Waals surface area contributed by atoms with Gasteiger partial charge >= 0.3 is 0 Å². The molecule has 110 valence electrons. The number of nitriles is 1. The van der Waals surface area contributed by atoms with Gasteiger partial charge < -0.3 is 0 Å². The fourth-order valence-electron chi connectivity index (χ4n) is 2.08. The first-order valence-corrected chi connectivity index (χ1v) is 8.95. The molecule has 0 saturated carbocycles. The zero-order valence-electron chi connectivity index (χ0n) is 11.9. The van der Waals surface area contributed by atoms with E-state index in [0.29, 0.717) is 10.6 Å². The van der Waals surface area contributed by atoms with Crippen LogP contribution in [0, 0.1) is 11.3 Å². The molecule has 6 heteroatoms. The molecule has 0 aliphatic carbocycles. The molecule has 0 aliphatic rings. The Labute approximate surface area is 129 Å². The Balaban J connectivity index is 2.43. The van der Waals surface area contributed by atoms with Crippen LogP contribution in [0.3, 0.4) is 0 Å². The third kappa shape index (κ3) is 3.26. The summed E-state index contributed by atoms with van der Waals surface area (Å²) < 4.78 is 27.8. The molecule has 0 saturated heterocycles. The van der Waals surface area contributed by atoms with E-state index in [1.54, 1.807) is 0 Å². The first-order valence-electron chi connectivity index (χ1n) is 6.65. The molecule has 2 rings (SSSR count). The Morgan fingerprint density at radius 1 is 1.14 bits per heavy atom. The van der Waals surface area contributed by atoms with Crippen LogP contribution in [0.15, 0.2) is 34.5 Å². The van der Waals surface area contributed by atoms with E-state index in [1.165, 1.54) is 12.1 Å². The van der Waals surface area contributed by atoms with E-state index in [1.807, 2.05) is 38.1 Å². The van der Waals surface area contributed by atoms with Crippen molar-refractivity contribution in [2.45, 2.75) is 30.9 Å². The topological polar surface area (TPSA) is 70.0 Å². The van der Waals surface area contributed by atoms with E-state index >= 15 is 0 Å². The molecule has 1 aromatic carbocycles. The van der Waals surface area contributed by atoms with Crippen molar-refractivity contribution in [3.05, 3.63) is 46.3 Å². The van der Waals surface area contributed by atoms with E-state index in [0.717, 1.165) is 35.3 Å². The van der Waals surface area contributed by atoms with E-state index in [9.17, 15) is 8.42 Å². The summed E-state index contributed by atoms with van der Waals surface area (Å²) in [5.41, 5.74) is 2.60. The van der Waals surface area contributed by atoms with Gasteiger partial charge in [0.25, 0.3) is 10.0 Å². The number of hydrogen-bond acceptors (Lipinski definition) is 4. The third-order valence-electron chi connectivity index (χ3n) is 3.19. The number of nitrogens with one attached hydrogen (secondary N) is 1. The fraction of sp³-hybridized carbons (Fsp3) is 0.267. The van der Waals surface area contributed by atoms with Gasteiger partial charge in [0.2, 0.25) is 0 Å². The normalized spacial score (nSPS) is 11.1. The molecule has 0 atom stereocenters. The van der Waals surface area contributed by atoms with Gasteiger partial charge in [-0.25, -0.2) is 8.42 Å². The molecule has 4 nitrogen and oxygen atoms in total. The predicted octanol–water partition coefficient (Wildman–Crippen LogP) is 3.55. The van der Waals surface area contributed by atoms with Gasteiger partial charge in [0, 0.05) is 0 Å². The van der Waals surface area contributed by atoms with Gasteiger partial charge in [-0.2, -0.15) is 5.26 Å². The average Bonchev–Trinajstić information content (AvgIpc) is 2.97. The zero-order valence-corrected chi connectivity index (χ0v) is 13.5. The van der Waals surface area contributed by atoms with Crippen LogP contribution in [0.25, 0.3) is 0 Å². The number of thiophene rings is 1. The average molecular weight is 320 g/mol. The van der Waals surface area contributed by atoms with Gasteiger partial charge in [-0.05, 0) is 36.1 Å². The van der Waals surface area contributed by atoms with Crippen molar-refractivity contribution in [1.29, 1.82) is 5.26 Å². The molecule has 1 N–H and O–H groups in total. The number of anilines is 1. The number of nitrogens with zero attached hydrogens (tertiary/aromatic N) is 1. The maximum Gasteiger partial charge on any atom is 0.271 e. The molecular formula is C15H16N2O2S2. The molecule has 0 unspecified atom stereocenters. The summed E-state index contributed by atoms with van der Waals surface area (Å²) in [6, 6.07) is 10.7. The number of hydrogen-bond donors (Lipinski definition) is 1. The number of aryl methyl sites for hydroxylation is 2. The number of para-hydroxylation sites is 1. The molecule has 0 amide bonds. The molecule has 1 aromatic heterocycles. The highest BCUT2D eigenvalue weighted by Crippen LogP contribution is 2.28. The standard InChI is InChI=1S/C15H16N2O2S2/c1-3-11-6-5-7-12(4-2)15(11)17-21(18,19)14-9-8-13(10-16)20-14/h5-9,17H,3-4H2,1-2H3. The SMILES string of the molecule is CCc1cccc(CC)c1NS(=O)(=O)c1ccc(C#N)s1. The first kappa shape index (κ1) is 15.5. The second-order valence-electron chi connectivity index (χ2n) is 4.49. The molecule has 0 spiro atoms. The van der Waals surface area contributed by atoms with E-state index in [-0.39, 0.29) is 4.21 Å². The Bertz CT molecular complexity index is 764. The minimum atomic E-state index is -3.65. The maximum atomic E-state index is 12.5. The second-order valence-corrected chi connectivity index (χ2v) is 7.49. The van der Waals surface area contributed by atoms with E-state index in [2.05, 4.69) is 4.72 Å². The van der Waals surface area contributed by atoms with Crippen LogP contribution >= 0.6 is 11.3 Å². The van der Waals surface area contributed by atoms with Crippen molar-refractivity contribution in [2.24, 2.45) is 0 Å². The number of rotatable bonds is 5. The van der Waals surface area contributed by atoms with Crippen LogP contribution < -0.4 is 4.72 Å². The summed E-state index contributed by atoms with van der Waals surface area (Å²) in [5, 5.41) is 8.82. The summed E-state index contributed by atoms with van der Waals surface area (Å²) in [6.45, 7) is 3.98. The molecular weight excluding hydrogens is 304 g/mol. The van der Waals surface area contributed by atoms with Crippen molar-refractivity contribution >= 4 is 27.0 Å². The van der Waals surface area contributed by atoms with Crippen molar-refractivity contribution in [2.75, 3.05) is 4.72 Å². The number of benzene rings is 1. The van der Waals surface area contributed by atoms with Crippen LogP contribution in [0.5, 0.6) is 0 Å². The lowest BCUT2D eigenvalue weighted by molar-refractivity contribution is 0.603. The van der Waals surface area contributed by atoms with Crippen molar-refractivity contribution in [1.82, 2.24) is 0 Å². The highest BCUT2D eigenvalue weighted by atomic mass is 32.2. The van der Waals surface area contributed by atoms with E-state index < -0.39 is 10.0 Å². The third-order valence-corrected chi connectivity index (χ3v) is 6.02. The Kier molecular flexibility index (Phi) is 4.66. The van der Waals surface area contributed by atoms with Crippen LogP contribution in [-0.4, -0.2) is 8.42 Å². The van der Waals surface area contributed by atoms with Crippen molar-refractivity contribution in [3.8, 4) is 6.07 Å². The molecule has 21 heavy (non-hydrogen) atoms. The lowest BCUT2D eigenvalue weighted by Crippen LogP contribution is -2.14. The maximum absolute atomic E-state index is 12.5. The van der Waals surface area contributed by atoms with Gasteiger partial charge in [-0.3, -0.25) is 4.72 Å². The zero-order chi connectivity index (χ0) is 15.5. The van der Waals surface area contributed by atoms with Crippen molar-refractivity contribution < 1.29 is 8.42 Å². The first-order chi connectivity index (χ1) is 10.0. The Morgan fingerprint density at radius 3 is 2.24 bits per heavy atom. The second kappa shape index (κ2) is 6.29. The molecule has 0 fully saturated rings. The monoisotopic (exact) mass is 320 g/mol. The van der Waals surface area contributed by atoms with E-state index in [4.69, 9.17) is 5.26 Å².